The SMILES string of the molecule is CCCN1C[C@H]2C[C@]2(c2ccc(Cl)c(Cl)c2)C1. The van der Waals surface area contributed by atoms with Gasteiger partial charge in [-0.2, -0.15) is 0 Å². The van der Waals surface area contributed by atoms with Crippen LogP contribution in [0, 0.1) is 5.92 Å². The summed E-state index contributed by atoms with van der Waals surface area (Å²) in [4.78, 5) is 2.58. The first-order chi connectivity index (χ1) is 8.15. The lowest BCUT2D eigenvalue weighted by atomic mass is 9.95. The highest BCUT2D eigenvalue weighted by molar-refractivity contribution is 6.42. The molecule has 1 aliphatic carbocycles. The van der Waals surface area contributed by atoms with Gasteiger partial charge in [0.05, 0.1) is 10.0 Å². The van der Waals surface area contributed by atoms with Crippen LogP contribution in [0.1, 0.15) is 25.3 Å². The van der Waals surface area contributed by atoms with Gasteiger partial charge in [-0.05, 0) is 43.0 Å². The van der Waals surface area contributed by atoms with E-state index in [4.69, 9.17) is 23.2 Å². The minimum Gasteiger partial charge on any atom is -0.302 e. The zero-order valence-corrected chi connectivity index (χ0v) is 11.6. The molecule has 0 spiro atoms. The third kappa shape index (κ3) is 1.89. The van der Waals surface area contributed by atoms with Crippen LogP contribution in [-0.2, 0) is 5.41 Å². The molecule has 1 aliphatic heterocycles. The number of benzene rings is 1. The van der Waals surface area contributed by atoms with Crippen molar-refractivity contribution in [3.05, 3.63) is 33.8 Å². The first-order valence-corrected chi connectivity index (χ1v) is 7.09. The summed E-state index contributed by atoms with van der Waals surface area (Å²) in [5.41, 5.74) is 1.78. The van der Waals surface area contributed by atoms with Crippen LogP contribution in [0.3, 0.4) is 0 Å². The lowest BCUT2D eigenvalue weighted by Crippen LogP contribution is -2.27. The van der Waals surface area contributed by atoms with E-state index in [2.05, 4.69) is 24.0 Å². The van der Waals surface area contributed by atoms with Gasteiger partial charge in [0, 0.05) is 18.5 Å². The maximum Gasteiger partial charge on any atom is 0.0595 e. The van der Waals surface area contributed by atoms with Crippen LogP contribution in [0.25, 0.3) is 0 Å². The van der Waals surface area contributed by atoms with Crippen molar-refractivity contribution in [3.63, 3.8) is 0 Å². The van der Waals surface area contributed by atoms with Crippen LogP contribution < -0.4 is 0 Å². The summed E-state index contributed by atoms with van der Waals surface area (Å²) in [5, 5.41) is 1.35. The van der Waals surface area contributed by atoms with Gasteiger partial charge in [-0.25, -0.2) is 0 Å². The largest absolute Gasteiger partial charge is 0.302 e. The van der Waals surface area contributed by atoms with Crippen LogP contribution in [0.4, 0.5) is 0 Å². The van der Waals surface area contributed by atoms with Gasteiger partial charge in [0.15, 0.2) is 0 Å². The molecular formula is C14H17Cl2N. The van der Waals surface area contributed by atoms with Crippen LogP contribution in [-0.4, -0.2) is 24.5 Å². The predicted octanol–water partition coefficient (Wildman–Crippen LogP) is 3.98. The van der Waals surface area contributed by atoms with E-state index in [9.17, 15) is 0 Å². The normalized spacial score (nSPS) is 31.6. The molecule has 3 heteroatoms. The average Bonchev–Trinajstić information content (AvgIpc) is 2.87. The van der Waals surface area contributed by atoms with Crippen molar-refractivity contribution in [1.82, 2.24) is 4.90 Å². The van der Waals surface area contributed by atoms with E-state index in [1.54, 1.807) is 0 Å². The molecule has 0 bridgehead atoms. The Bertz CT molecular complexity index is 446. The van der Waals surface area contributed by atoms with Crippen molar-refractivity contribution < 1.29 is 0 Å². The summed E-state index contributed by atoms with van der Waals surface area (Å²) in [7, 11) is 0. The standard InChI is InChI=1S/C14H17Cl2N/c1-2-5-17-8-11-7-14(11,9-17)10-3-4-12(15)13(16)6-10/h3-4,6,11H,2,5,7-9H2,1H3/t11-,14-/m1/s1. The van der Waals surface area contributed by atoms with E-state index in [0.29, 0.717) is 15.5 Å². The number of rotatable bonds is 3. The Morgan fingerprint density at radius 2 is 2.18 bits per heavy atom. The smallest absolute Gasteiger partial charge is 0.0595 e. The molecule has 0 unspecified atom stereocenters. The predicted molar refractivity (Wildman–Crippen MR) is 73.0 cm³/mol. The Kier molecular flexibility index (Phi) is 2.89. The second-order valence-electron chi connectivity index (χ2n) is 5.42. The maximum absolute atomic E-state index is 6.12. The Morgan fingerprint density at radius 1 is 1.35 bits per heavy atom. The fraction of sp³-hybridized carbons (Fsp3) is 0.571. The molecule has 17 heavy (non-hydrogen) atoms. The molecule has 0 amide bonds. The molecule has 1 saturated heterocycles. The second-order valence-corrected chi connectivity index (χ2v) is 6.24. The number of fused-ring (bicyclic) bond motifs is 1. The Labute approximate surface area is 113 Å². The maximum atomic E-state index is 6.12. The Hall–Kier alpha value is -0.240. The second kappa shape index (κ2) is 4.15. The van der Waals surface area contributed by atoms with Crippen molar-refractivity contribution in [2.75, 3.05) is 19.6 Å². The summed E-state index contributed by atoms with van der Waals surface area (Å²) in [6.07, 6.45) is 2.56. The van der Waals surface area contributed by atoms with E-state index in [1.807, 2.05) is 6.07 Å². The highest BCUT2D eigenvalue weighted by Crippen LogP contribution is 2.59. The zero-order valence-electron chi connectivity index (χ0n) is 10.0. The molecule has 92 valence electrons. The lowest BCUT2D eigenvalue weighted by molar-refractivity contribution is 0.299. The molecule has 0 aromatic heterocycles. The highest BCUT2D eigenvalue weighted by atomic mass is 35.5. The van der Waals surface area contributed by atoms with Gasteiger partial charge in [-0.3, -0.25) is 0 Å². The number of hydrogen-bond donors (Lipinski definition) is 0. The highest BCUT2D eigenvalue weighted by Gasteiger charge is 2.60. The molecule has 0 N–H and O–H groups in total. The molecule has 2 fully saturated rings. The summed E-state index contributed by atoms with van der Waals surface area (Å²) in [5.74, 6) is 0.839. The average molecular weight is 270 g/mol. The molecule has 1 heterocycles. The van der Waals surface area contributed by atoms with Crippen molar-refractivity contribution in [3.8, 4) is 0 Å². The van der Waals surface area contributed by atoms with Crippen LogP contribution in [0.5, 0.6) is 0 Å². The third-order valence-electron chi connectivity index (χ3n) is 4.25. The molecule has 1 aromatic carbocycles. The molecule has 0 radical (unpaired) electrons. The van der Waals surface area contributed by atoms with Gasteiger partial charge in [0.2, 0.25) is 0 Å². The molecule has 1 nitrogen and oxygen atoms in total. The fourth-order valence-corrected chi connectivity index (χ4v) is 3.62. The minimum atomic E-state index is 0.392. The van der Waals surface area contributed by atoms with E-state index >= 15 is 0 Å². The third-order valence-corrected chi connectivity index (χ3v) is 4.99. The number of likely N-dealkylation sites (tertiary alicyclic amines) is 1. The van der Waals surface area contributed by atoms with E-state index < -0.39 is 0 Å². The van der Waals surface area contributed by atoms with E-state index in [-0.39, 0.29) is 0 Å². The fourth-order valence-electron chi connectivity index (χ4n) is 3.33. The molecule has 1 saturated carbocycles. The summed E-state index contributed by atoms with van der Waals surface area (Å²) in [6.45, 7) is 5.92. The molecule has 3 rings (SSSR count). The Morgan fingerprint density at radius 3 is 2.88 bits per heavy atom. The van der Waals surface area contributed by atoms with Gasteiger partial charge >= 0.3 is 0 Å². The van der Waals surface area contributed by atoms with Crippen LogP contribution >= 0.6 is 23.2 Å². The van der Waals surface area contributed by atoms with Crippen molar-refractivity contribution in [2.45, 2.75) is 25.2 Å². The summed E-state index contributed by atoms with van der Waals surface area (Å²) >= 11 is 12.1. The van der Waals surface area contributed by atoms with Gasteiger partial charge < -0.3 is 4.90 Å². The number of hydrogen-bond acceptors (Lipinski definition) is 1. The molecule has 1 aromatic rings. The van der Waals surface area contributed by atoms with Crippen LogP contribution in [0.2, 0.25) is 10.0 Å². The van der Waals surface area contributed by atoms with Gasteiger partial charge in [0.25, 0.3) is 0 Å². The molecule has 2 aliphatic rings. The van der Waals surface area contributed by atoms with Crippen LogP contribution in [0.15, 0.2) is 18.2 Å². The monoisotopic (exact) mass is 269 g/mol. The van der Waals surface area contributed by atoms with E-state index in [0.717, 1.165) is 5.92 Å². The van der Waals surface area contributed by atoms with Gasteiger partial charge in [-0.1, -0.05) is 36.2 Å². The van der Waals surface area contributed by atoms with Crippen molar-refractivity contribution >= 4 is 23.2 Å². The van der Waals surface area contributed by atoms with Crippen molar-refractivity contribution in [1.29, 1.82) is 0 Å². The Balaban J connectivity index is 1.83. The van der Waals surface area contributed by atoms with Gasteiger partial charge in [-0.15, -0.1) is 0 Å². The number of halogens is 2. The quantitative estimate of drug-likeness (QED) is 0.803. The number of piperidine rings is 1. The van der Waals surface area contributed by atoms with Crippen molar-refractivity contribution in [2.24, 2.45) is 5.92 Å². The zero-order chi connectivity index (χ0) is 12.0. The number of nitrogens with zero attached hydrogens (tertiary/aromatic N) is 1. The molecular weight excluding hydrogens is 253 g/mol. The lowest BCUT2D eigenvalue weighted by Gasteiger charge is -2.20. The molecule has 2 atom stereocenters. The first kappa shape index (κ1) is 11.8. The van der Waals surface area contributed by atoms with E-state index in [1.165, 1.54) is 38.0 Å². The first-order valence-electron chi connectivity index (χ1n) is 6.33. The van der Waals surface area contributed by atoms with Gasteiger partial charge in [0.1, 0.15) is 0 Å². The topological polar surface area (TPSA) is 3.24 Å². The summed E-state index contributed by atoms with van der Waals surface area (Å²) < 4.78 is 0. The minimum absolute atomic E-state index is 0.392. The summed E-state index contributed by atoms with van der Waals surface area (Å²) in [6, 6.07) is 6.16.